The van der Waals surface area contributed by atoms with Gasteiger partial charge < -0.3 is 24.1 Å². The number of carbonyl (C=O) groups is 2. The molecule has 1 fully saturated rings. The zero-order chi connectivity index (χ0) is 34.2. The number of aromatic nitrogens is 2. The summed E-state index contributed by atoms with van der Waals surface area (Å²) in [5.41, 5.74) is -3.54. The van der Waals surface area contributed by atoms with Crippen molar-refractivity contribution >= 4 is 41.3 Å². The Hall–Kier alpha value is -3.01. The molecule has 18 heteroatoms. The van der Waals surface area contributed by atoms with Gasteiger partial charge in [-0.05, 0) is 13.3 Å². The van der Waals surface area contributed by atoms with Crippen molar-refractivity contribution in [2.75, 3.05) is 51.8 Å². The van der Waals surface area contributed by atoms with Crippen molar-refractivity contribution in [3.63, 3.8) is 0 Å². The highest BCUT2D eigenvalue weighted by molar-refractivity contribution is 8.76. The second kappa shape index (κ2) is 19.6. The summed E-state index contributed by atoms with van der Waals surface area (Å²) in [6, 6.07) is 0. The molecule has 1 aliphatic rings. The van der Waals surface area contributed by atoms with Crippen molar-refractivity contribution in [2.45, 2.75) is 44.6 Å². The molecule has 46 heavy (non-hydrogen) atoms. The van der Waals surface area contributed by atoms with Crippen LogP contribution in [-0.4, -0.2) is 90.6 Å². The standard InChI is InChI=1S/C28H35N2O13PS2/c1-6-9-10-13-45-46-19-38-17-28(25(33)39-11-7-2,26(34)40-12-8-3)18-41-44(36,37-5)43-21-14-23(42-22(21)16-31)30-15-20(4)24(32)29-27(30)35/h1-3,15,21-23,31H,9-14,16-19H2,4-5H3,(H,29,32,35)/t21?,22-,23-,44?/m1/s1. The van der Waals surface area contributed by atoms with Crippen LogP contribution in [-0.2, 0) is 46.7 Å². The largest absolute Gasteiger partial charge is 0.474 e. The number of esters is 2. The van der Waals surface area contributed by atoms with Crippen LogP contribution in [0.3, 0.4) is 0 Å². The Kier molecular flexibility index (Phi) is 16.7. The molecular weight excluding hydrogens is 667 g/mol. The Labute approximate surface area is 273 Å². The Morgan fingerprint density at radius 1 is 1.15 bits per heavy atom. The maximum Gasteiger partial charge on any atom is 0.474 e. The Bertz CT molecular complexity index is 1450. The maximum atomic E-state index is 13.7. The lowest BCUT2D eigenvalue weighted by atomic mass is 9.90. The topological polar surface area (TPSA) is 191 Å². The molecule has 4 atom stereocenters. The van der Waals surface area contributed by atoms with E-state index >= 15 is 0 Å². The van der Waals surface area contributed by atoms with E-state index in [4.69, 9.17) is 51.8 Å². The van der Waals surface area contributed by atoms with Crippen molar-refractivity contribution in [1.29, 1.82) is 0 Å². The molecule has 0 aliphatic carbocycles. The lowest BCUT2D eigenvalue weighted by Crippen LogP contribution is -2.49. The van der Waals surface area contributed by atoms with E-state index < -0.39 is 87.9 Å². The predicted molar refractivity (Wildman–Crippen MR) is 168 cm³/mol. The smallest absolute Gasteiger partial charge is 0.452 e. The molecule has 2 heterocycles. The Balaban J connectivity index is 2.28. The number of hydrogen-bond acceptors (Lipinski definition) is 15. The van der Waals surface area contributed by atoms with E-state index in [1.54, 1.807) is 0 Å². The molecule has 0 radical (unpaired) electrons. The van der Waals surface area contributed by atoms with Gasteiger partial charge in [-0.3, -0.25) is 37.5 Å². The van der Waals surface area contributed by atoms with E-state index in [0.717, 1.165) is 23.9 Å². The molecule has 0 aromatic carbocycles. The highest BCUT2D eigenvalue weighted by atomic mass is 33.1. The number of aryl methyl sites for hydroxylation is 1. The molecule has 0 saturated carbocycles. The van der Waals surface area contributed by atoms with Crippen LogP contribution in [0.4, 0.5) is 0 Å². The van der Waals surface area contributed by atoms with E-state index in [0.29, 0.717) is 6.42 Å². The number of phosphoric ester groups is 1. The first-order valence-corrected chi connectivity index (χ1v) is 17.5. The number of nitrogens with one attached hydrogen (secondary N) is 1. The molecule has 15 nitrogen and oxygen atoms in total. The zero-order valence-corrected chi connectivity index (χ0v) is 27.7. The normalized spacial score (nSPS) is 18.9. The van der Waals surface area contributed by atoms with Crippen LogP contribution >= 0.6 is 29.4 Å². The third-order valence-electron chi connectivity index (χ3n) is 6.24. The van der Waals surface area contributed by atoms with Gasteiger partial charge >= 0.3 is 25.5 Å². The van der Waals surface area contributed by atoms with Crippen LogP contribution in [0.25, 0.3) is 0 Å². The van der Waals surface area contributed by atoms with Crippen LogP contribution in [0.2, 0.25) is 0 Å². The van der Waals surface area contributed by atoms with Gasteiger partial charge in [-0.2, -0.15) is 0 Å². The molecule has 2 N–H and O–H groups in total. The van der Waals surface area contributed by atoms with Crippen molar-refractivity contribution in [3.8, 4) is 37.0 Å². The second-order valence-corrected chi connectivity index (χ2v) is 13.7. The summed E-state index contributed by atoms with van der Waals surface area (Å²) >= 11 is 0. The molecule has 1 aliphatic heterocycles. The number of ether oxygens (including phenoxy) is 4. The number of aliphatic hydroxyl groups is 1. The Morgan fingerprint density at radius 2 is 1.83 bits per heavy atom. The molecule has 2 unspecified atom stereocenters. The number of phosphoric acid groups is 1. The number of rotatable bonds is 20. The predicted octanol–water partition coefficient (Wildman–Crippen LogP) is 1.39. The lowest BCUT2D eigenvalue weighted by Gasteiger charge is -2.30. The van der Waals surface area contributed by atoms with Crippen LogP contribution in [0.15, 0.2) is 15.8 Å². The fourth-order valence-electron chi connectivity index (χ4n) is 3.85. The number of carbonyl (C=O) groups excluding carboxylic acids is 2. The molecular formula is C28H35N2O13PS2. The fraction of sp³-hybridized carbons (Fsp3) is 0.571. The lowest BCUT2D eigenvalue weighted by molar-refractivity contribution is -0.178. The minimum atomic E-state index is -4.65. The van der Waals surface area contributed by atoms with Gasteiger partial charge in [0.1, 0.15) is 24.4 Å². The van der Waals surface area contributed by atoms with Gasteiger partial charge in [0, 0.05) is 37.5 Å². The molecule has 2 rings (SSSR count). The van der Waals surface area contributed by atoms with Crippen LogP contribution in [0, 0.1) is 49.4 Å². The van der Waals surface area contributed by atoms with Gasteiger partial charge in [0.05, 0.1) is 19.8 Å². The SMILES string of the molecule is C#CCCCSSCOCC(COP(=O)(OC)OC1C[C@H](n2cc(C)c(=O)[nH]c2=O)O[C@@H]1CO)(C(=O)OCC#C)C(=O)OCC#C. The van der Waals surface area contributed by atoms with Gasteiger partial charge in [-0.25, -0.2) is 9.36 Å². The minimum Gasteiger partial charge on any atom is -0.452 e. The van der Waals surface area contributed by atoms with E-state index in [2.05, 4.69) is 22.7 Å². The number of aromatic amines is 1. The van der Waals surface area contributed by atoms with E-state index in [1.807, 2.05) is 0 Å². The van der Waals surface area contributed by atoms with Crippen molar-refractivity contribution in [1.82, 2.24) is 9.55 Å². The van der Waals surface area contributed by atoms with Crippen LogP contribution < -0.4 is 11.2 Å². The summed E-state index contributed by atoms with van der Waals surface area (Å²) in [7, 11) is -0.924. The first-order chi connectivity index (χ1) is 22.0. The second-order valence-electron chi connectivity index (χ2n) is 9.43. The zero-order valence-electron chi connectivity index (χ0n) is 25.2. The molecule has 252 valence electrons. The number of H-pyrrole nitrogens is 1. The summed E-state index contributed by atoms with van der Waals surface area (Å²) in [5.74, 6) is 5.06. The van der Waals surface area contributed by atoms with Crippen LogP contribution in [0.5, 0.6) is 0 Å². The molecule has 1 aromatic rings. The number of unbranched alkanes of at least 4 members (excludes halogenated alkanes) is 1. The van der Waals surface area contributed by atoms with Crippen molar-refractivity contribution in [3.05, 3.63) is 32.6 Å². The minimum absolute atomic E-state index is 0.00826. The average molecular weight is 703 g/mol. The molecule has 0 spiro atoms. The maximum absolute atomic E-state index is 13.7. The van der Waals surface area contributed by atoms with Gasteiger partial charge in [0.15, 0.2) is 13.2 Å². The van der Waals surface area contributed by atoms with E-state index in [1.165, 1.54) is 34.7 Å². The van der Waals surface area contributed by atoms with Gasteiger partial charge in [-0.1, -0.05) is 33.4 Å². The Morgan fingerprint density at radius 3 is 2.41 bits per heavy atom. The number of hydrogen-bond donors (Lipinski definition) is 2. The van der Waals surface area contributed by atoms with Gasteiger partial charge in [0.25, 0.3) is 5.56 Å². The molecule has 1 aromatic heterocycles. The average Bonchev–Trinajstić information content (AvgIpc) is 3.44. The first kappa shape index (κ1) is 39.2. The fourth-order valence-corrected chi connectivity index (χ4v) is 6.75. The van der Waals surface area contributed by atoms with Crippen LogP contribution in [0.1, 0.15) is 31.1 Å². The number of nitrogens with zero attached hydrogens (tertiary/aromatic N) is 1. The molecule has 0 bridgehead atoms. The molecule has 1 saturated heterocycles. The van der Waals surface area contributed by atoms with E-state index in [-0.39, 0.29) is 17.9 Å². The summed E-state index contributed by atoms with van der Waals surface area (Å²) in [6.45, 7) is -1.86. The van der Waals surface area contributed by atoms with E-state index in [9.17, 15) is 28.8 Å². The van der Waals surface area contributed by atoms with Crippen molar-refractivity contribution < 1.29 is 51.8 Å². The number of terminal acetylenes is 3. The summed E-state index contributed by atoms with van der Waals surface area (Å²) < 4.78 is 52.2. The van der Waals surface area contributed by atoms with Crippen molar-refractivity contribution in [2.24, 2.45) is 5.41 Å². The first-order valence-electron chi connectivity index (χ1n) is 13.5. The number of aliphatic hydroxyl groups excluding tert-OH is 1. The van der Waals surface area contributed by atoms with Gasteiger partial charge in [0.2, 0.25) is 5.41 Å². The highest BCUT2D eigenvalue weighted by Crippen LogP contribution is 2.53. The quantitative estimate of drug-likeness (QED) is 0.0377. The highest BCUT2D eigenvalue weighted by Gasteiger charge is 2.53. The summed E-state index contributed by atoms with van der Waals surface area (Å²) in [4.78, 5) is 52.8. The summed E-state index contributed by atoms with van der Waals surface area (Å²) in [5, 5.41) is 9.90. The summed E-state index contributed by atoms with van der Waals surface area (Å²) in [6.07, 6.45) is 14.8. The third kappa shape index (κ3) is 11.1. The van der Waals surface area contributed by atoms with Gasteiger partial charge in [-0.15, -0.1) is 25.2 Å². The third-order valence-corrected chi connectivity index (χ3v) is 9.84. The monoisotopic (exact) mass is 702 g/mol. The molecule has 0 amide bonds.